The van der Waals surface area contributed by atoms with E-state index in [1.807, 2.05) is 0 Å². The number of rotatable bonds is 4. The van der Waals surface area contributed by atoms with Gasteiger partial charge in [-0.05, 0) is 31.0 Å². The van der Waals surface area contributed by atoms with Crippen LogP contribution < -0.4 is 10.2 Å². The summed E-state index contributed by atoms with van der Waals surface area (Å²) in [5.74, 6) is -0.698. The number of likely N-dealkylation sites (tertiary alicyclic amines) is 1. The van der Waals surface area contributed by atoms with Gasteiger partial charge < -0.3 is 19.9 Å². The number of anilines is 1. The van der Waals surface area contributed by atoms with Gasteiger partial charge in [0.15, 0.2) is 0 Å². The van der Waals surface area contributed by atoms with Gasteiger partial charge in [-0.25, -0.2) is 0 Å². The number of methoxy groups -OCH3 is 1. The Kier molecular flexibility index (Phi) is 6.46. The van der Waals surface area contributed by atoms with Gasteiger partial charge in [0.2, 0.25) is 11.8 Å². The molecule has 2 heterocycles. The third kappa shape index (κ3) is 4.46. The molecule has 10 heteroatoms. The summed E-state index contributed by atoms with van der Waals surface area (Å²) in [5.41, 5.74) is -1.53. The zero-order valence-electron chi connectivity index (χ0n) is 17.5. The molecule has 3 rings (SSSR count). The SMILES string of the molecule is CNC(=O)C1CN(c2ccc(C#N)c(C(F)(F)F)c2)CC12CCN(C(=O)COC)CC2. The molecule has 1 aromatic carbocycles. The smallest absolute Gasteiger partial charge is 0.375 e. The molecule has 2 saturated heterocycles. The van der Waals surface area contributed by atoms with E-state index in [4.69, 9.17) is 10.00 Å². The summed E-state index contributed by atoms with van der Waals surface area (Å²) in [6.45, 7) is 1.59. The molecule has 1 spiro atoms. The zero-order chi connectivity index (χ0) is 22.8. The van der Waals surface area contributed by atoms with E-state index in [0.29, 0.717) is 38.2 Å². The molecule has 7 nitrogen and oxygen atoms in total. The number of nitrogens with zero attached hydrogens (tertiary/aromatic N) is 3. The van der Waals surface area contributed by atoms with Gasteiger partial charge in [-0.3, -0.25) is 9.59 Å². The molecular weight excluding hydrogens is 413 g/mol. The van der Waals surface area contributed by atoms with E-state index in [0.717, 1.165) is 6.07 Å². The number of hydrogen-bond donors (Lipinski definition) is 1. The van der Waals surface area contributed by atoms with E-state index in [2.05, 4.69) is 5.32 Å². The predicted octanol–water partition coefficient (Wildman–Crippen LogP) is 2.01. The highest BCUT2D eigenvalue weighted by Gasteiger charge is 2.51. The molecule has 0 radical (unpaired) electrons. The monoisotopic (exact) mass is 438 g/mol. The van der Waals surface area contributed by atoms with Crippen molar-refractivity contribution in [3.8, 4) is 6.07 Å². The average Bonchev–Trinajstić information content (AvgIpc) is 3.11. The first-order valence-electron chi connectivity index (χ1n) is 10.00. The molecule has 1 unspecified atom stereocenters. The van der Waals surface area contributed by atoms with Crippen LogP contribution in [0.2, 0.25) is 0 Å². The van der Waals surface area contributed by atoms with Crippen molar-refractivity contribution in [2.45, 2.75) is 19.0 Å². The molecule has 0 bridgehead atoms. The Morgan fingerprint density at radius 3 is 2.55 bits per heavy atom. The normalized spacial score (nSPS) is 20.6. The van der Waals surface area contributed by atoms with Gasteiger partial charge in [-0.1, -0.05) is 0 Å². The fourth-order valence-electron chi connectivity index (χ4n) is 4.68. The maximum Gasteiger partial charge on any atom is 0.417 e. The summed E-state index contributed by atoms with van der Waals surface area (Å²) >= 11 is 0. The number of carbonyl (C=O) groups is 2. The second kappa shape index (κ2) is 8.75. The average molecular weight is 438 g/mol. The van der Waals surface area contributed by atoms with Crippen molar-refractivity contribution in [3.05, 3.63) is 29.3 Å². The van der Waals surface area contributed by atoms with Crippen LogP contribution in [0, 0.1) is 22.7 Å². The lowest BCUT2D eigenvalue weighted by Gasteiger charge is -2.42. The molecule has 31 heavy (non-hydrogen) atoms. The minimum absolute atomic E-state index is 0.0105. The highest BCUT2D eigenvalue weighted by atomic mass is 19.4. The first-order chi connectivity index (χ1) is 14.6. The van der Waals surface area contributed by atoms with Crippen molar-refractivity contribution < 1.29 is 27.5 Å². The van der Waals surface area contributed by atoms with Crippen LogP contribution in [0.4, 0.5) is 18.9 Å². The van der Waals surface area contributed by atoms with Crippen molar-refractivity contribution >= 4 is 17.5 Å². The van der Waals surface area contributed by atoms with Gasteiger partial charge >= 0.3 is 6.18 Å². The van der Waals surface area contributed by atoms with Crippen molar-refractivity contribution in [1.82, 2.24) is 10.2 Å². The van der Waals surface area contributed by atoms with E-state index < -0.39 is 28.6 Å². The Balaban J connectivity index is 1.87. The van der Waals surface area contributed by atoms with Crippen molar-refractivity contribution in [1.29, 1.82) is 5.26 Å². The van der Waals surface area contributed by atoms with E-state index in [1.165, 1.54) is 19.2 Å². The highest BCUT2D eigenvalue weighted by Crippen LogP contribution is 2.47. The molecule has 1 N–H and O–H groups in total. The third-order valence-electron chi connectivity index (χ3n) is 6.38. The van der Waals surface area contributed by atoms with Crippen molar-refractivity contribution in [2.24, 2.45) is 11.3 Å². The Morgan fingerprint density at radius 2 is 2.00 bits per heavy atom. The number of piperidine rings is 1. The van der Waals surface area contributed by atoms with E-state index >= 15 is 0 Å². The minimum atomic E-state index is -4.65. The van der Waals surface area contributed by atoms with Crippen LogP contribution >= 0.6 is 0 Å². The van der Waals surface area contributed by atoms with Crippen LogP contribution in [0.15, 0.2) is 18.2 Å². The summed E-state index contributed by atoms with van der Waals surface area (Å²) in [6.07, 6.45) is -3.51. The number of hydrogen-bond acceptors (Lipinski definition) is 5. The summed E-state index contributed by atoms with van der Waals surface area (Å²) < 4.78 is 45.1. The zero-order valence-corrected chi connectivity index (χ0v) is 17.5. The Hall–Kier alpha value is -2.80. The number of nitrogens with one attached hydrogen (secondary N) is 1. The quantitative estimate of drug-likeness (QED) is 0.778. The number of ether oxygens (including phenoxy) is 1. The number of amides is 2. The van der Waals surface area contributed by atoms with Crippen LogP contribution in [0.25, 0.3) is 0 Å². The fraction of sp³-hybridized carbons (Fsp3) is 0.571. The lowest BCUT2D eigenvalue weighted by Crippen LogP contribution is -2.50. The molecule has 1 aromatic rings. The standard InChI is InChI=1S/C21H25F3N4O3/c1-26-19(30)17-11-28(15-4-3-14(10-25)16(9-15)21(22,23)24)13-20(17)5-7-27(8-6-20)18(29)12-31-2/h3-4,9,17H,5-8,11-13H2,1-2H3,(H,26,30). The summed E-state index contributed by atoms with van der Waals surface area (Å²) in [4.78, 5) is 28.3. The minimum Gasteiger partial charge on any atom is -0.375 e. The number of alkyl halides is 3. The van der Waals surface area contributed by atoms with E-state index in [-0.39, 0.29) is 25.0 Å². The first-order valence-corrected chi connectivity index (χ1v) is 10.00. The molecule has 2 amide bonds. The maximum absolute atomic E-state index is 13.4. The Labute approximate surface area is 178 Å². The van der Waals surface area contributed by atoms with Gasteiger partial charge in [0.25, 0.3) is 0 Å². The van der Waals surface area contributed by atoms with Crippen LogP contribution in [0.3, 0.4) is 0 Å². The van der Waals surface area contributed by atoms with Crippen molar-refractivity contribution in [3.63, 3.8) is 0 Å². The molecule has 2 aliphatic heterocycles. The van der Waals surface area contributed by atoms with Crippen molar-refractivity contribution in [2.75, 3.05) is 51.8 Å². The topological polar surface area (TPSA) is 85.7 Å². The van der Waals surface area contributed by atoms with Gasteiger partial charge in [-0.15, -0.1) is 0 Å². The number of halogens is 3. The van der Waals surface area contributed by atoms with Crippen LogP contribution in [0.1, 0.15) is 24.0 Å². The van der Waals surface area contributed by atoms with Gasteiger partial charge in [0.1, 0.15) is 6.61 Å². The van der Waals surface area contributed by atoms with E-state index in [1.54, 1.807) is 22.9 Å². The summed E-state index contributed by atoms with van der Waals surface area (Å²) in [7, 11) is 2.99. The molecule has 1 atom stereocenters. The Bertz CT molecular complexity index is 889. The number of benzene rings is 1. The lowest BCUT2D eigenvalue weighted by atomic mass is 9.70. The van der Waals surface area contributed by atoms with Crippen LogP contribution in [0.5, 0.6) is 0 Å². The van der Waals surface area contributed by atoms with Crippen LogP contribution in [-0.2, 0) is 20.5 Å². The number of nitriles is 1. The molecule has 2 aliphatic rings. The number of carbonyl (C=O) groups excluding carboxylic acids is 2. The van der Waals surface area contributed by atoms with Crippen LogP contribution in [-0.4, -0.2) is 63.7 Å². The van der Waals surface area contributed by atoms with Gasteiger partial charge in [0, 0.05) is 51.4 Å². The largest absolute Gasteiger partial charge is 0.417 e. The lowest BCUT2D eigenvalue weighted by molar-refractivity contribution is -0.139. The maximum atomic E-state index is 13.4. The molecule has 0 aromatic heterocycles. The fourth-order valence-corrected chi connectivity index (χ4v) is 4.68. The molecule has 0 aliphatic carbocycles. The molecule has 168 valence electrons. The third-order valence-corrected chi connectivity index (χ3v) is 6.38. The first kappa shape index (κ1) is 22.9. The summed E-state index contributed by atoms with van der Waals surface area (Å²) in [5, 5.41) is 11.7. The predicted molar refractivity (Wildman–Crippen MR) is 106 cm³/mol. The molecular formula is C21H25F3N4O3. The van der Waals surface area contributed by atoms with Gasteiger partial charge in [0.05, 0.1) is 23.1 Å². The second-order valence-electron chi connectivity index (χ2n) is 8.06. The van der Waals surface area contributed by atoms with E-state index in [9.17, 15) is 22.8 Å². The highest BCUT2D eigenvalue weighted by molar-refractivity contribution is 5.81. The summed E-state index contributed by atoms with van der Waals surface area (Å²) in [6, 6.07) is 5.23. The van der Waals surface area contributed by atoms with Gasteiger partial charge in [-0.2, -0.15) is 18.4 Å². The Morgan fingerprint density at radius 1 is 1.32 bits per heavy atom. The molecule has 2 fully saturated rings. The second-order valence-corrected chi connectivity index (χ2v) is 8.06. The molecule has 0 saturated carbocycles.